The number of carbonyl (C=O) groups excluding carboxylic acids is 2. The minimum atomic E-state index is -1.15. The minimum absolute atomic E-state index is 0.0466. The van der Waals surface area contributed by atoms with Crippen molar-refractivity contribution in [2.75, 3.05) is 24.3 Å². The average molecular weight is 514 g/mol. The summed E-state index contributed by atoms with van der Waals surface area (Å²) in [6.45, 7) is 2.71. The fourth-order valence-electron chi connectivity index (χ4n) is 4.30. The summed E-state index contributed by atoms with van der Waals surface area (Å²) in [4.78, 5) is 42.7. The van der Waals surface area contributed by atoms with Gasteiger partial charge in [0, 0.05) is 38.4 Å². The van der Waals surface area contributed by atoms with E-state index in [0.29, 0.717) is 12.2 Å². The van der Waals surface area contributed by atoms with Crippen LogP contribution in [0, 0.1) is 0 Å². The van der Waals surface area contributed by atoms with Crippen LogP contribution in [0.5, 0.6) is 0 Å². The Hall–Kier alpha value is -4.66. The summed E-state index contributed by atoms with van der Waals surface area (Å²) in [6, 6.07) is 19.2. The van der Waals surface area contributed by atoms with Crippen LogP contribution in [0.1, 0.15) is 51.9 Å². The lowest BCUT2D eigenvalue weighted by molar-refractivity contribution is 0.0692. The summed E-state index contributed by atoms with van der Waals surface area (Å²) in [5.74, 6) is -0.655. The molecule has 4 rings (SSSR count). The molecule has 4 aromatic rings. The highest BCUT2D eigenvalue weighted by Gasteiger charge is 2.17. The minimum Gasteiger partial charge on any atom is -0.478 e. The number of imidazole rings is 1. The number of fused-ring (bicyclic) bond motifs is 1. The van der Waals surface area contributed by atoms with E-state index in [2.05, 4.69) is 22.1 Å². The van der Waals surface area contributed by atoms with Crippen molar-refractivity contribution in [1.29, 1.82) is 0 Å². The molecule has 0 fully saturated rings. The predicted molar refractivity (Wildman–Crippen MR) is 148 cm³/mol. The van der Waals surface area contributed by atoms with E-state index in [1.54, 1.807) is 43.3 Å². The maximum Gasteiger partial charge on any atom is 0.336 e. The van der Waals surface area contributed by atoms with Crippen molar-refractivity contribution < 1.29 is 19.5 Å². The van der Waals surface area contributed by atoms with Gasteiger partial charge in [0.2, 0.25) is 0 Å². The van der Waals surface area contributed by atoms with Crippen LogP contribution in [0.3, 0.4) is 0 Å². The van der Waals surface area contributed by atoms with Gasteiger partial charge in [0.1, 0.15) is 5.82 Å². The molecule has 0 bridgehead atoms. The molecule has 0 spiro atoms. The molecule has 0 saturated heterocycles. The first kappa shape index (κ1) is 26.4. The SMILES string of the molecule is CCCCc1nc2ccc(N(C)C(=O)NC)cc2n1Cc1ccc(NC(=O)c2ccccc2C(=O)O)cc1. The standard InChI is InChI=1S/C29H31N5O4/c1-4-5-10-26-32-24-16-15-21(33(3)29(38)30-2)17-25(24)34(26)18-19-11-13-20(14-12-19)31-27(35)22-8-6-7-9-23(22)28(36)37/h6-9,11-17H,4-5,10,18H2,1-3H3,(H,30,38)(H,31,35)(H,36,37). The Balaban J connectivity index is 1.59. The van der Waals surface area contributed by atoms with Gasteiger partial charge in [-0.25, -0.2) is 14.6 Å². The molecule has 0 saturated carbocycles. The molecule has 0 atom stereocenters. The fraction of sp³-hybridized carbons (Fsp3) is 0.241. The second-order valence-electron chi connectivity index (χ2n) is 9.01. The molecule has 0 radical (unpaired) electrons. The van der Waals surface area contributed by atoms with Crippen molar-refractivity contribution in [3.05, 3.63) is 89.2 Å². The van der Waals surface area contributed by atoms with Gasteiger partial charge in [-0.2, -0.15) is 0 Å². The van der Waals surface area contributed by atoms with Gasteiger partial charge < -0.3 is 20.3 Å². The molecule has 3 aromatic carbocycles. The first-order valence-corrected chi connectivity index (χ1v) is 12.5. The number of carboxylic acid groups (broad SMARTS) is 1. The quantitative estimate of drug-likeness (QED) is 0.286. The van der Waals surface area contributed by atoms with Crippen LogP contribution in [0.25, 0.3) is 11.0 Å². The molecule has 1 aromatic heterocycles. The van der Waals surface area contributed by atoms with Crippen LogP contribution < -0.4 is 15.5 Å². The number of aromatic carboxylic acids is 1. The maximum absolute atomic E-state index is 12.7. The Bertz CT molecular complexity index is 1480. The van der Waals surface area contributed by atoms with Crippen molar-refractivity contribution in [2.45, 2.75) is 32.7 Å². The second-order valence-corrected chi connectivity index (χ2v) is 9.01. The van der Waals surface area contributed by atoms with E-state index in [0.717, 1.165) is 47.4 Å². The largest absolute Gasteiger partial charge is 0.478 e. The van der Waals surface area contributed by atoms with Gasteiger partial charge >= 0.3 is 12.0 Å². The third kappa shape index (κ3) is 5.67. The number of aromatic nitrogens is 2. The number of amides is 3. The van der Waals surface area contributed by atoms with Crippen LogP contribution >= 0.6 is 0 Å². The van der Waals surface area contributed by atoms with Crippen molar-refractivity contribution in [3.8, 4) is 0 Å². The van der Waals surface area contributed by atoms with Gasteiger partial charge in [-0.1, -0.05) is 37.6 Å². The van der Waals surface area contributed by atoms with Crippen LogP contribution in [0.15, 0.2) is 66.7 Å². The van der Waals surface area contributed by atoms with Crippen LogP contribution in [0.4, 0.5) is 16.2 Å². The number of rotatable bonds is 9. The molecule has 3 N–H and O–H groups in total. The Morgan fingerprint density at radius 3 is 2.37 bits per heavy atom. The summed E-state index contributed by atoms with van der Waals surface area (Å²) in [6.07, 6.45) is 2.90. The summed E-state index contributed by atoms with van der Waals surface area (Å²) in [5.41, 5.74) is 4.20. The molecule has 9 heteroatoms. The number of hydrogen-bond acceptors (Lipinski definition) is 4. The van der Waals surface area contributed by atoms with E-state index in [-0.39, 0.29) is 17.2 Å². The highest BCUT2D eigenvalue weighted by Crippen LogP contribution is 2.25. The van der Waals surface area contributed by atoms with Crippen molar-refractivity contribution in [2.24, 2.45) is 0 Å². The Kier molecular flexibility index (Phi) is 8.06. The van der Waals surface area contributed by atoms with Crippen molar-refractivity contribution in [1.82, 2.24) is 14.9 Å². The van der Waals surface area contributed by atoms with Crippen molar-refractivity contribution in [3.63, 3.8) is 0 Å². The summed E-state index contributed by atoms with van der Waals surface area (Å²) in [7, 11) is 3.32. The third-order valence-electron chi connectivity index (χ3n) is 6.43. The molecule has 38 heavy (non-hydrogen) atoms. The number of nitrogens with zero attached hydrogens (tertiary/aromatic N) is 3. The molecule has 0 unspecified atom stereocenters. The van der Waals surface area contributed by atoms with E-state index in [1.165, 1.54) is 12.1 Å². The molecule has 3 amide bonds. The van der Waals surface area contributed by atoms with Gasteiger partial charge in [-0.15, -0.1) is 0 Å². The number of urea groups is 1. The van der Waals surface area contributed by atoms with Crippen molar-refractivity contribution >= 4 is 40.3 Å². The first-order chi connectivity index (χ1) is 18.3. The van der Waals surface area contributed by atoms with E-state index in [1.807, 2.05) is 30.3 Å². The highest BCUT2D eigenvalue weighted by molar-refractivity contribution is 6.10. The number of benzene rings is 3. The van der Waals surface area contributed by atoms with E-state index in [4.69, 9.17) is 4.98 Å². The third-order valence-corrected chi connectivity index (χ3v) is 6.43. The van der Waals surface area contributed by atoms with Gasteiger partial charge in [0.25, 0.3) is 5.91 Å². The molecule has 9 nitrogen and oxygen atoms in total. The predicted octanol–water partition coefficient (Wildman–Crippen LogP) is 5.15. The molecular weight excluding hydrogens is 482 g/mol. The van der Waals surface area contributed by atoms with Crippen LogP contribution in [-0.4, -0.2) is 46.7 Å². The van der Waals surface area contributed by atoms with E-state index in [9.17, 15) is 19.5 Å². The van der Waals surface area contributed by atoms with Gasteiger partial charge in [0.05, 0.1) is 22.2 Å². The number of aryl methyl sites for hydroxylation is 1. The second kappa shape index (κ2) is 11.6. The molecular formula is C29H31N5O4. The summed E-state index contributed by atoms with van der Waals surface area (Å²) in [5, 5.41) is 14.8. The molecule has 0 aliphatic carbocycles. The lowest BCUT2D eigenvalue weighted by Crippen LogP contribution is -2.34. The zero-order valence-electron chi connectivity index (χ0n) is 21.7. The topological polar surface area (TPSA) is 117 Å². The summed E-state index contributed by atoms with van der Waals surface area (Å²) < 4.78 is 2.17. The first-order valence-electron chi connectivity index (χ1n) is 12.5. The average Bonchev–Trinajstić information content (AvgIpc) is 3.28. The van der Waals surface area contributed by atoms with Crippen LogP contribution in [-0.2, 0) is 13.0 Å². The van der Waals surface area contributed by atoms with Crippen LogP contribution in [0.2, 0.25) is 0 Å². The maximum atomic E-state index is 12.7. The molecule has 0 aliphatic heterocycles. The zero-order chi connectivity index (χ0) is 27.2. The fourth-order valence-corrected chi connectivity index (χ4v) is 4.30. The highest BCUT2D eigenvalue weighted by atomic mass is 16.4. The monoisotopic (exact) mass is 513 g/mol. The number of unbranched alkanes of at least 4 members (excludes halogenated alkanes) is 1. The lowest BCUT2D eigenvalue weighted by atomic mass is 10.1. The Labute approximate surface area is 221 Å². The molecule has 1 heterocycles. The van der Waals surface area contributed by atoms with Gasteiger partial charge in [-0.05, 0) is 54.4 Å². The Morgan fingerprint density at radius 2 is 1.71 bits per heavy atom. The lowest BCUT2D eigenvalue weighted by Gasteiger charge is -2.17. The van der Waals surface area contributed by atoms with E-state index < -0.39 is 11.9 Å². The zero-order valence-corrected chi connectivity index (χ0v) is 21.7. The number of carboxylic acids is 1. The number of carbonyl (C=O) groups is 3. The number of nitrogens with one attached hydrogen (secondary N) is 2. The normalized spacial score (nSPS) is 10.8. The smallest absolute Gasteiger partial charge is 0.336 e. The molecule has 196 valence electrons. The van der Waals surface area contributed by atoms with Gasteiger partial charge in [0.15, 0.2) is 0 Å². The van der Waals surface area contributed by atoms with Gasteiger partial charge in [-0.3, -0.25) is 9.69 Å². The number of anilines is 2. The van der Waals surface area contributed by atoms with E-state index >= 15 is 0 Å². The Morgan fingerprint density at radius 1 is 1.00 bits per heavy atom. The number of hydrogen-bond donors (Lipinski definition) is 3. The summed E-state index contributed by atoms with van der Waals surface area (Å²) >= 11 is 0. The molecule has 0 aliphatic rings.